The molecule has 0 aliphatic heterocycles. The normalized spacial score (nSPS) is 10.3. The van der Waals surface area contributed by atoms with Gasteiger partial charge >= 0.3 is 0 Å². The molecule has 2 heterocycles. The van der Waals surface area contributed by atoms with E-state index in [1.165, 1.54) is 5.69 Å². The van der Waals surface area contributed by atoms with E-state index in [9.17, 15) is 0 Å². The molecule has 0 aliphatic carbocycles. The molecule has 0 saturated carbocycles. The molecule has 1 aromatic carbocycles. The lowest BCUT2D eigenvalue weighted by Gasteiger charge is -1.96. The van der Waals surface area contributed by atoms with E-state index in [1.54, 1.807) is 0 Å². The third kappa shape index (κ3) is 2.44. The number of nitrogens with zero attached hydrogens (tertiary/aromatic N) is 2. The molecule has 0 fully saturated rings. The van der Waals surface area contributed by atoms with Crippen molar-refractivity contribution in [2.75, 3.05) is 0 Å². The molecule has 2 nitrogen and oxygen atoms in total. The molecule has 3 aromatic rings. The fourth-order valence-electron chi connectivity index (χ4n) is 1.94. The molecule has 4 heteroatoms. The maximum Gasteiger partial charge on any atom is 0.137 e. The van der Waals surface area contributed by atoms with Crippen LogP contribution in [0, 0.1) is 6.92 Å². The summed E-state index contributed by atoms with van der Waals surface area (Å²) in [6.45, 7) is 2.08. The van der Waals surface area contributed by atoms with Crippen LogP contribution in [0.4, 0.5) is 0 Å². The molecule has 2 aromatic heterocycles. The van der Waals surface area contributed by atoms with Gasteiger partial charge < -0.3 is 28.4 Å². The highest BCUT2D eigenvalue weighted by atomic mass is 127. The molecule has 0 amide bonds. The van der Waals surface area contributed by atoms with Crippen molar-refractivity contribution in [2.24, 2.45) is 0 Å². The third-order valence-electron chi connectivity index (χ3n) is 2.82. The lowest BCUT2D eigenvalue weighted by molar-refractivity contribution is -0.00000342. The van der Waals surface area contributed by atoms with E-state index in [0.717, 1.165) is 21.4 Å². The Kier molecular flexibility index (Phi) is 4.07. The average molecular weight is 414 g/mol. The van der Waals surface area contributed by atoms with Crippen molar-refractivity contribution in [3.05, 3.63) is 58.8 Å². The van der Waals surface area contributed by atoms with Gasteiger partial charge in [-0.25, -0.2) is 4.98 Å². The zero-order valence-corrected chi connectivity index (χ0v) is 13.5. The number of rotatable bonds is 1. The van der Waals surface area contributed by atoms with Gasteiger partial charge in [-0.2, -0.15) is 0 Å². The van der Waals surface area contributed by atoms with Crippen molar-refractivity contribution in [1.82, 2.24) is 9.38 Å². The van der Waals surface area contributed by atoms with Crippen LogP contribution in [0.3, 0.4) is 0 Å². The Hall–Kier alpha value is -0.880. The largest absolute Gasteiger partial charge is 1.00 e. The van der Waals surface area contributed by atoms with Gasteiger partial charge in [0.1, 0.15) is 5.65 Å². The van der Waals surface area contributed by atoms with Crippen molar-refractivity contribution in [3.8, 4) is 11.3 Å². The van der Waals surface area contributed by atoms with Crippen LogP contribution in [0.25, 0.3) is 16.9 Å². The lowest BCUT2D eigenvalue weighted by atomic mass is 10.2. The Bertz CT molecular complexity index is 691. The lowest BCUT2D eigenvalue weighted by Crippen LogP contribution is -3.00. The van der Waals surface area contributed by atoms with Crippen LogP contribution < -0.4 is 24.0 Å². The average Bonchev–Trinajstić information content (AvgIpc) is 2.74. The second-order valence-electron chi connectivity index (χ2n) is 4.03. The van der Waals surface area contributed by atoms with Gasteiger partial charge in [-0.15, -0.1) is 0 Å². The first-order valence-electron chi connectivity index (χ1n) is 5.45. The number of pyridine rings is 1. The second kappa shape index (κ2) is 5.40. The van der Waals surface area contributed by atoms with E-state index < -0.39 is 0 Å². The van der Waals surface area contributed by atoms with E-state index in [0.29, 0.717) is 0 Å². The Balaban J connectivity index is 0.00000120. The van der Waals surface area contributed by atoms with E-state index in [4.69, 9.17) is 0 Å². The van der Waals surface area contributed by atoms with Crippen LogP contribution in [0.2, 0.25) is 0 Å². The predicted octanol–water partition coefficient (Wildman–Crippen LogP) is 1.08. The molecule has 0 bridgehead atoms. The van der Waals surface area contributed by atoms with Crippen LogP contribution >= 0.6 is 15.9 Å². The topological polar surface area (TPSA) is 17.3 Å². The molecule has 0 unspecified atom stereocenters. The fourth-order valence-corrected chi connectivity index (χ4v) is 2.33. The zero-order chi connectivity index (χ0) is 11.8. The number of fused-ring (bicyclic) bond motifs is 1. The summed E-state index contributed by atoms with van der Waals surface area (Å²) >= 11 is 3.48. The van der Waals surface area contributed by atoms with Gasteiger partial charge in [0.05, 0.1) is 5.69 Å². The van der Waals surface area contributed by atoms with E-state index in [1.807, 2.05) is 24.3 Å². The SMILES string of the molecule is Cc1cccc2nc(-c3cccc(Br)c3)cn12.[I-]. The molecule has 0 atom stereocenters. The maximum absolute atomic E-state index is 4.63. The van der Waals surface area contributed by atoms with Gasteiger partial charge in [0.2, 0.25) is 0 Å². The summed E-state index contributed by atoms with van der Waals surface area (Å²) in [6.07, 6.45) is 2.08. The summed E-state index contributed by atoms with van der Waals surface area (Å²) in [5.41, 5.74) is 4.30. The smallest absolute Gasteiger partial charge is 0.137 e. The molecule has 3 rings (SSSR count). The van der Waals surface area contributed by atoms with Gasteiger partial charge in [0.25, 0.3) is 0 Å². The first-order chi connectivity index (χ1) is 8.24. The van der Waals surface area contributed by atoms with Crippen LogP contribution in [-0.2, 0) is 0 Å². The van der Waals surface area contributed by atoms with E-state index in [-0.39, 0.29) is 24.0 Å². The first-order valence-corrected chi connectivity index (χ1v) is 6.24. The third-order valence-corrected chi connectivity index (χ3v) is 3.31. The Morgan fingerprint density at radius 3 is 2.61 bits per heavy atom. The minimum absolute atomic E-state index is 0. The number of halogens is 2. The highest BCUT2D eigenvalue weighted by Crippen LogP contribution is 2.23. The molecule has 0 saturated heterocycles. The van der Waals surface area contributed by atoms with E-state index >= 15 is 0 Å². The second-order valence-corrected chi connectivity index (χ2v) is 4.95. The van der Waals surface area contributed by atoms with Crippen molar-refractivity contribution in [3.63, 3.8) is 0 Å². The molecular formula is C14H11BrIN2-. The van der Waals surface area contributed by atoms with Crippen molar-refractivity contribution in [2.45, 2.75) is 6.92 Å². The monoisotopic (exact) mass is 413 g/mol. The number of aryl methyl sites for hydroxylation is 1. The van der Waals surface area contributed by atoms with E-state index in [2.05, 4.69) is 56.6 Å². The van der Waals surface area contributed by atoms with Crippen LogP contribution in [-0.4, -0.2) is 9.38 Å². The standard InChI is InChI=1S/C14H11BrN2.HI/c1-10-4-2-7-14-16-13(9-17(10)14)11-5-3-6-12(15)8-11;/h2-9H,1H3;1H/p-1. The van der Waals surface area contributed by atoms with Crippen LogP contribution in [0.5, 0.6) is 0 Å². The molecule has 18 heavy (non-hydrogen) atoms. The predicted molar refractivity (Wildman–Crippen MR) is 73.1 cm³/mol. The number of benzene rings is 1. The summed E-state index contributed by atoms with van der Waals surface area (Å²) < 4.78 is 3.18. The van der Waals surface area contributed by atoms with Crippen LogP contribution in [0.1, 0.15) is 5.69 Å². The minimum atomic E-state index is 0. The van der Waals surface area contributed by atoms with Crippen molar-refractivity contribution in [1.29, 1.82) is 0 Å². The van der Waals surface area contributed by atoms with Gasteiger partial charge in [-0.1, -0.05) is 34.1 Å². The van der Waals surface area contributed by atoms with Crippen molar-refractivity contribution >= 4 is 21.6 Å². The summed E-state index contributed by atoms with van der Waals surface area (Å²) in [4.78, 5) is 4.63. The van der Waals surface area contributed by atoms with Crippen LogP contribution in [0.15, 0.2) is 53.1 Å². The van der Waals surface area contributed by atoms with Gasteiger partial charge in [0.15, 0.2) is 0 Å². The quantitative estimate of drug-likeness (QED) is 0.545. The Morgan fingerprint density at radius 1 is 1.11 bits per heavy atom. The van der Waals surface area contributed by atoms with Gasteiger partial charge in [-0.3, -0.25) is 0 Å². The number of hydrogen-bond acceptors (Lipinski definition) is 1. The highest BCUT2D eigenvalue weighted by Gasteiger charge is 2.05. The molecule has 0 spiro atoms. The maximum atomic E-state index is 4.63. The Labute approximate surface area is 131 Å². The molecule has 0 radical (unpaired) electrons. The van der Waals surface area contributed by atoms with Crippen molar-refractivity contribution < 1.29 is 24.0 Å². The summed E-state index contributed by atoms with van der Waals surface area (Å²) in [7, 11) is 0. The zero-order valence-electron chi connectivity index (χ0n) is 9.77. The Morgan fingerprint density at radius 2 is 1.89 bits per heavy atom. The molecule has 0 aliphatic rings. The number of aromatic nitrogens is 2. The highest BCUT2D eigenvalue weighted by molar-refractivity contribution is 9.10. The number of imidazole rings is 1. The summed E-state index contributed by atoms with van der Waals surface area (Å²) in [5, 5.41) is 0. The first kappa shape index (κ1) is 13.5. The summed E-state index contributed by atoms with van der Waals surface area (Å²) in [6, 6.07) is 14.3. The van der Waals surface area contributed by atoms with Gasteiger partial charge in [-0.05, 0) is 31.2 Å². The fraction of sp³-hybridized carbons (Fsp3) is 0.0714. The molecule has 0 N–H and O–H groups in total. The van der Waals surface area contributed by atoms with Gasteiger partial charge in [0, 0.05) is 21.9 Å². The minimum Gasteiger partial charge on any atom is -1.00 e. The molecule has 92 valence electrons. The summed E-state index contributed by atoms with van der Waals surface area (Å²) in [5.74, 6) is 0. The molecular weight excluding hydrogens is 403 g/mol. The number of hydrogen-bond donors (Lipinski definition) is 0.